The molecule has 1 fully saturated rings. The molecule has 10 nitrogen and oxygen atoms in total. The molecular formula is C27H36N2O8S. The van der Waals surface area contributed by atoms with Crippen molar-refractivity contribution in [3.63, 3.8) is 0 Å². The highest BCUT2D eigenvalue weighted by molar-refractivity contribution is 7.99. The van der Waals surface area contributed by atoms with Gasteiger partial charge in [0.15, 0.2) is 0 Å². The van der Waals surface area contributed by atoms with E-state index in [2.05, 4.69) is 5.32 Å². The van der Waals surface area contributed by atoms with Crippen molar-refractivity contribution in [3.05, 3.63) is 64.7 Å². The van der Waals surface area contributed by atoms with Crippen LogP contribution in [0.1, 0.15) is 41.2 Å². The molecule has 2 aromatic carbocycles. The van der Waals surface area contributed by atoms with Crippen LogP contribution in [0.3, 0.4) is 0 Å². The Labute approximate surface area is 226 Å². The standard InChI is InChI=1S/C27H36N2O8S/c1-15-5-8-17(25-23(33)22(32)24(34)27(37-25)38-2)13-18(15)12-16-6-9-19(10-7-16)36-11-3-4-21(31)29-20(14-30)26(28)35/h5-10,13,20,22-25,27,30,32-34H,3-4,11-12,14H2,1-2H3,(H2,28,35)(H,29,31)/t20?,22-,23-,24+,25+,27-/m1/s1. The van der Waals surface area contributed by atoms with Crippen LogP contribution in [-0.2, 0) is 20.7 Å². The second kappa shape index (κ2) is 13.9. The third-order valence-corrected chi connectivity index (χ3v) is 7.35. The molecule has 1 saturated heterocycles. The SMILES string of the molecule is CS[C@H]1O[C@@H](c2ccc(C)c(Cc3ccc(OCCCC(=O)NC(CO)C(N)=O)cc3)c2)[C@H](O)[C@@H](O)[C@@H]1O. The zero-order valence-electron chi connectivity index (χ0n) is 21.4. The van der Waals surface area contributed by atoms with E-state index in [9.17, 15) is 24.9 Å². The molecule has 0 spiro atoms. The van der Waals surface area contributed by atoms with Gasteiger partial charge in [0.25, 0.3) is 0 Å². The van der Waals surface area contributed by atoms with Gasteiger partial charge in [0.2, 0.25) is 11.8 Å². The number of nitrogens with two attached hydrogens (primary N) is 1. The van der Waals surface area contributed by atoms with Crippen LogP contribution < -0.4 is 15.8 Å². The quantitative estimate of drug-likeness (QED) is 0.207. The number of ether oxygens (including phenoxy) is 2. The Morgan fingerprint density at radius 2 is 1.82 bits per heavy atom. The van der Waals surface area contributed by atoms with Gasteiger partial charge >= 0.3 is 0 Å². The summed E-state index contributed by atoms with van der Waals surface area (Å²) in [7, 11) is 0. The number of aryl methyl sites for hydroxylation is 1. The first-order valence-corrected chi connectivity index (χ1v) is 13.7. The van der Waals surface area contributed by atoms with Crippen LogP contribution in [0.5, 0.6) is 5.75 Å². The predicted molar refractivity (Wildman–Crippen MR) is 143 cm³/mol. The van der Waals surface area contributed by atoms with Crippen molar-refractivity contribution in [2.45, 2.75) is 62.1 Å². The molecule has 1 unspecified atom stereocenters. The minimum atomic E-state index is -1.30. The lowest BCUT2D eigenvalue weighted by atomic mass is 9.91. The monoisotopic (exact) mass is 548 g/mol. The minimum Gasteiger partial charge on any atom is -0.494 e. The molecular weight excluding hydrogens is 512 g/mol. The van der Waals surface area contributed by atoms with Crippen LogP contribution in [-0.4, -0.2) is 81.5 Å². The molecule has 38 heavy (non-hydrogen) atoms. The van der Waals surface area contributed by atoms with E-state index in [1.54, 1.807) is 6.26 Å². The summed E-state index contributed by atoms with van der Waals surface area (Å²) < 4.78 is 11.6. The van der Waals surface area contributed by atoms with E-state index >= 15 is 0 Å². The second-order valence-electron chi connectivity index (χ2n) is 9.30. The summed E-state index contributed by atoms with van der Waals surface area (Å²) in [6.07, 6.45) is -1.51. The van der Waals surface area contributed by atoms with Gasteiger partial charge in [0, 0.05) is 6.42 Å². The highest BCUT2D eigenvalue weighted by atomic mass is 32.2. The van der Waals surface area contributed by atoms with Crippen molar-refractivity contribution in [1.82, 2.24) is 5.32 Å². The largest absolute Gasteiger partial charge is 0.494 e. The summed E-state index contributed by atoms with van der Waals surface area (Å²) in [6.45, 7) is 1.76. The number of amides is 2. The van der Waals surface area contributed by atoms with Crippen LogP contribution in [0.2, 0.25) is 0 Å². The molecule has 11 heteroatoms. The molecule has 1 aliphatic rings. The highest BCUT2D eigenvalue weighted by Crippen LogP contribution is 2.36. The number of nitrogens with one attached hydrogen (secondary N) is 1. The Morgan fingerprint density at radius 3 is 2.45 bits per heavy atom. The smallest absolute Gasteiger partial charge is 0.242 e. The molecule has 0 aliphatic carbocycles. The average molecular weight is 549 g/mol. The van der Waals surface area contributed by atoms with Crippen molar-refractivity contribution < 1.29 is 39.5 Å². The minimum absolute atomic E-state index is 0.130. The summed E-state index contributed by atoms with van der Waals surface area (Å²) in [6, 6.07) is 12.3. The predicted octanol–water partition coefficient (Wildman–Crippen LogP) is 0.550. The lowest BCUT2D eigenvalue weighted by molar-refractivity contribution is -0.200. The number of primary amides is 1. The van der Waals surface area contributed by atoms with Gasteiger partial charge in [-0.05, 0) is 60.4 Å². The Hall–Kier alpha value is -2.67. The summed E-state index contributed by atoms with van der Waals surface area (Å²) >= 11 is 1.28. The maximum absolute atomic E-state index is 11.8. The maximum Gasteiger partial charge on any atom is 0.242 e. The fourth-order valence-corrected chi connectivity index (χ4v) is 4.87. The molecule has 0 bridgehead atoms. The molecule has 1 heterocycles. The number of benzene rings is 2. The first kappa shape index (κ1) is 29.9. The summed E-state index contributed by atoms with van der Waals surface area (Å²) in [5.74, 6) is -0.526. The first-order valence-electron chi connectivity index (χ1n) is 12.4. The number of carbonyl (C=O) groups excluding carboxylic acids is 2. The van der Waals surface area contributed by atoms with E-state index in [0.29, 0.717) is 25.2 Å². The van der Waals surface area contributed by atoms with E-state index in [1.165, 1.54) is 11.8 Å². The molecule has 0 radical (unpaired) electrons. The van der Waals surface area contributed by atoms with Crippen molar-refractivity contribution in [3.8, 4) is 5.75 Å². The van der Waals surface area contributed by atoms with E-state index in [4.69, 9.17) is 20.3 Å². The highest BCUT2D eigenvalue weighted by Gasteiger charge is 2.44. The molecule has 208 valence electrons. The third kappa shape index (κ3) is 7.68. The maximum atomic E-state index is 11.8. The molecule has 7 N–H and O–H groups in total. The van der Waals surface area contributed by atoms with Crippen LogP contribution in [0.4, 0.5) is 0 Å². The summed E-state index contributed by atoms with van der Waals surface area (Å²) in [5, 5.41) is 42.4. The Kier molecular flexibility index (Phi) is 11.0. The van der Waals surface area contributed by atoms with Crippen LogP contribution in [0.15, 0.2) is 42.5 Å². The summed E-state index contributed by atoms with van der Waals surface area (Å²) in [5.41, 5.74) is 8.33. The van der Waals surface area contributed by atoms with E-state index in [1.807, 2.05) is 49.4 Å². The fourth-order valence-electron chi connectivity index (χ4n) is 4.20. The Balaban J connectivity index is 1.55. The fraction of sp³-hybridized carbons (Fsp3) is 0.481. The van der Waals surface area contributed by atoms with E-state index < -0.39 is 48.4 Å². The zero-order chi connectivity index (χ0) is 27.8. The van der Waals surface area contributed by atoms with Crippen molar-refractivity contribution in [1.29, 1.82) is 0 Å². The van der Waals surface area contributed by atoms with Crippen molar-refractivity contribution in [2.75, 3.05) is 19.5 Å². The molecule has 2 aromatic rings. The normalized spacial score (nSPS) is 24.0. The van der Waals surface area contributed by atoms with Gasteiger partial charge in [-0.1, -0.05) is 30.3 Å². The second-order valence-corrected chi connectivity index (χ2v) is 10.2. The van der Waals surface area contributed by atoms with Gasteiger partial charge in [-0.15, -0.1) is 11.8 Å². The lowest BCUT2D eigenvalue weighted by Gasteiger charge is -2.40. The van der Waals surface area contributed by atoms with Crippen LogP contribution in [0.25, 0.3) is 0 Å². The molecule has 2 amide bonds. The number of aliphatic hydroxyl groups excluding tert-OH is 4. The van der Waals surface area contributed by atoms with Gasteiger partial charge in [0.05, 0.1) is 13.2 Å². The number of carbonyl (C=O) groups is 2. The van der Waals surface area contributed by atoms with Gasteiger partial charge in [-0.25, -0.2) is 0 Å². The van der Waals surface area contributed by atoms with Gasteiger partial charge < -0.3 is 41.0 Å². The Bertz CT molecular complexity index is 1080. The molecule has 0 saturated carbocycles. The van der Waals surface area contributed by atoms with E-state index in [-0.39, 0.29) is 12.3 Å². The topological polar surface area (TPSA) is 172 Å². The van der Waals surface area contributed by atoms with Crippen molar-refractivity contribution >= 4 is 23.6 Å². The van der Waals surface area contributed by atoms with E-state index in [0.717, 1.165) is 22.3 Å². The van der Waals surface area contributed by atoms with Crippen LogP contribution >= 0.6 is 11.8 Å². The number of hydrogen-bond donors (Lipinski definition) is 6. The van der Waals surface area contributed by atoms with Gasteiger partial charge in [-0.2, -0.15) is 0 Å². The number of rotatable bonds is 12. The Morgan fingerprint density at radius 1 is 1.11 bits per heavy atom. The van der Waals surface area contributed by atoms with Gasteiger partial charge in [-0.3, -0.25) is 9.59 Å². The third-order valence-electron chi connectivity index (χ3n) is 6.50. The number of hydrogen-bond acceptors (Lipinski definition) is 9. The number of aliphatic hydroxyl groups is 4. The zero-order valence-corrected chi connectivity index (χ0v) is 22.3. The summed E-state index contributed by atoms with van der Waals surface area (Å²) in [4.78, 5) is 22.9. The van der Waals surface area contributed by atoms with Crippen molar-refractivity contribution in [2.24, 2.45) is 5.73 Å². The first-order chi connectivity index (χ1) is 18.1. The lowest BCUT2D eigenvalue weighted by Crippen LogP contribution is -2.52. The molecule has 1 aliphatic heterocycles. The number of thioether (sulfide) groups is 1. The van der Waals surface area contributed by atoms with Gasteiger partial charge in [0.1, 0.15) is 41.6 Å². The molecule has 0 aromatic heterocycles. The average Bonchev–Trinajstić information content (AvgIpc) is 2.90. The molecule has 3 rings (SSSR count). The van der Waals surface area contributed by atoms with Crippen LogP contribution in [0, 0.1) is 6.92 Å². The molecule has 6 atom stereocenters.